The van der Waals surface area contributed by atoms with Gasteiger partial charge in [0.15, 0.2) is 0 Å². The Hall–Kier alpha value is -2.85. The Morgan fingerprint density at radius 1 is 1.14 bits per heavy atom. The van der Waals surface area contributed by atoms with Crippen molar-refractivity contribution in [2.24, 2.45) is 23.2 Å². The van der Waals surface area contributed by atoms with Crippen molar-refractivity contribution in [3.63, 3.8) is 0 Å². The number of carbonyl (C=O) groups excluding carboxylic acids is 4. The number of carbonyl (C=O) groups is 4. The van der Waals surface area contributed by atoms with Crippen LogP contribution in [0.2, 0.25) is 0 Å². The van der Waals surface area contributed by atoms with Crippen LogP contribution < -0.4 is 16.0 Å². The fraction of sp³-hybridized carbons (Fsp3) is 0.760. The molecule has 2 aliphatic heterocycles. The Morgan fingerprint density at radius 3 is 2.26 bits per heavy atom. The van der Waals surface area contributed by atoms with E-state index in [1.165, 1.54) is 20.8 Å². The molecule has 6 atom stereocenters. The average molecular weight is 633 g/mol. The second-order valence-corrected chi connectivity index (χ2v) is 14.2. The highest BCUT2D eigenvalue weighted by atomic mass is 32.2. The molecule has 0 bridgehead atoms. The summed E-state index contributed by atoms with van der Waals surface area (Å²) in [6.07, 6.45) is -5.67. The summed E-state index contributed by atoms with van der Waals surface area (Å²) in [5.41, 5.74) is -1.31. The quantitative estimate of drug-likeness (QED) is 0.349. The minimum absolute atomic E-state index is 0.252. The van der Waals surface area contributed by atoms with Crippen LogP contribution in [-0.2, 0) is 29.0 Å². The molecule has 238 valence electrons. The van der Waals surface area contributed by atoms with Crippen molar-refractivity contribution in [1.29, 1.82) is 0 Å². The van der Waals surface area contributed by atoms with Crippen LogP contribution in [0, 0.1) is 23.2 Å². The molecule has 3 N–H and O–H groups in total. The molecule has 1 aliphatic carbocycles. The van der Waals surface area contributed by atoms with Gasteiger partial charge in [-0.15, -0.1) is 0 Å². The molecule has 42 heavy (non-hydrogen) atoms. The normalized spacial score (nSPS) is 27.7. The van der Waals surface area contributed by atoms with Crippen molar-refractivity contribution in [2.45, 2.75) is 76.7 Å². The third-order valence-corrected chi connectivity index (χ3v) is 8.63. The van der Waals surface area contributed by atoms with E-state index in [9.17, 15) is 53.9 Å². The molecule has 10 nitrogen and oxygen atoms in total. The van der Waals surface area contributed by atoms with E-state index in [4.69, 9.17) is 0 Å². The van der Waals surface area contributed by atoms with Gasteiger partial charge in [0.25, 0.3) is 0 Å². The van der Waals surface area contributed by atoms with Gasteiger partial charge in [-0.1, -0.05) is 20.8 Å². The maximum absolute atomic E-state index is 14.5. The van der Waals surface area contributed by atoms with E-state index in [1.807, 2.05) is 0 Å². The Bertz CT molecular complexity index is 1250. The summed E-state index contributed by atoms with van der Waals surface area (Å²) in [5.74, 6) is -11.0. The molecule has 0 spiro atoms. The third-order valence-electron chi connectivity index (χ3n) is 7.79. The first-order valence-electron chi connectivity index (χ1n) is 13.2. The van der Waals surface area contributed by atoms with Crippen molar-refractivity contribution in [3.05, 3.63) is 11.2 Å². The Balaban J connectivity index is 1.97. The number of rotatable bonds is 8. The SMILES string of the molecule is CC(C)(C)[C@H](NC(=O)C(F)(F)F)C(=O)N1C[C@@H]2CC(F)(F)C[C@@H]2[C@@H]1C(=O)N[C@@H](/C=C(\F)S(C)(=O)=O)C[C@H]1CCNC1=O. The predicted octanol–water partition coefficient (Wildman–Crippen LogP) is 1.82. The molecule has 3 aliphatic rings. The van der Waals surface area contributed by atoms with Gasteiger partial charge in [0, 0.05) is 38.1 Å². The molecule has 2 heterocycles. The molecule has 3 rings (SSSR count). The number of amides is 4. The first kappa shape index (κ1) is 33.6. The van der Waals surface area contributed by atoms with Gasteiger partial charge in [-0.3, -0.25) is 19.2 Å². The first-order chi connectivity index (χ1) is 19.0. The van der Waals surface area contributed by atoms with Crippen molar-refractivity contribution in [2.75, 3.05) is 19.3 Å². The molecule has 4 amide bonds. The van der Waals surface area contributed by atoms with Gasteiger partial charge in [-0.2, -0.15) is 17.6 Å². The summed E-state index contributed by atoms with van der Waals surface area (Å²) >= 11 is 0. The maximum Gasteiger partial charge on any atom is 0.471 e. The number of alkyl halides is 5. The molecule has 0 unspecified atom stereocenters. The number of nitrogens with zero attached hydrogens (tertiary/aromatic N) is 1. The van der Waals surface area contributed by atoms with Crippen LogP contribution in [0.25, 0.3) is 0 Å². The number of nitrogens with one attached hydrogen (secondary N) is 3. The van der Waals surface area contributed by atoms with Gasteiger partial charge < -0.3 is 20.9 Å². The van der Waals surface area contributed by atoms with Gasteiger partial charge in [-0.25, -0.2) is 17.2 Å². The molecule has 17 heteroatoms. The largest absolute Gasteiger partial charge is 0.471 e. The van der Waals surface area contributed by atoms with Crippen LogP contribution in [0.4, 0.5) is 26.3 Å². The third kappa shape index (κ3) is 7.75. The van der Waals surface area contributed by atoms with Crippen molar-refractivity contribution < 1.29 is 53.9 Å². The number of sulfone groups is 1. The van der Waals surface area contributed by atoms with Crippen LogP contribution in [0.15, 0.2) is 11.2 Å². The van der Waals surface area contributed by atoms with E-state index in [0.29, 0.717) is 12.3 Å². The smallest absolute Gasteiger partial charge is 0.356 e. The molecule has 0 aromatic heterocycles. The Morgan fingerprint density at radius 2 is 1.76 bits per heavy atom. The van der Waals surface area contributed by atoms with Crippen LogP contribution in [0.1, 0.15) is 46.5 Å². The molecule has 0 radical (unpaired) electrons. The van der Waals surface area contributed by atoms with Crippen molar-refractivity contribution in [1.82, 2.24) is 20.9 Å². The van der Waals surface area contributed by atoms with Gasteiger partial charge in [0.2, 0.25) is 38.6 Å². The predicted molar refractivity (Wildman–Crippen MR) is 136 cm³/mol. The number of hydrogen-bond acceptors (Lipinski definition) is 6. The van der Waals surface area contributed by atoms with Gasteiger partial charge in [-0.05, 0) is 36.2 Å². The second-order valence-electron chi connectivity index (χ2n) is 12.3. The Kier molecular flexibility index (Phi) is 9.36. The van der Waals surface area contributed by atoms with Gasteiger partial charge in [0.05, 0.1) is 6.04 Å². The fourth-order valence-corrected chi connectivity index (χ4v) is 6.19. The van der Waals surface area contributed by atoms with E-state index in [2.05, 4.69) is 10.6 Å². The molecule has 3 fully saturated rings. The zero-order valence-electron chi connectivity index (χ0n) is 23.4. The fourth-order valence-electron chi connectivity index (χ4n) is 5.78. The van der Waals surface area contributed by atoms with Crippen molar-refractivity contribution in [3.8, 4) is 0 Å². The van der Waals surface area contributed by atoms with E-state index in [0.717, 1.165) is 4.90 Å². The molecular weight excluding hydrogens is 598 g/mol. The summed E-state index contributed by atoms with van der Waals surface area (Å²) in [6, 6.07) is -4.87. The standard InChI is InChI=1S/C25H34F6N4O6S/c1-23(2,3)18(34-22(39)25(29,30)31)21(38)35-11-13-9-24(27,28)10-15(13)17(35)20(37)33-14(8-16(26)42(4,40)41)7-12-5-6-32-19(12)36/h8,12-15,17-18H,5-7,9-11H2,1-4H3,(H,32,36)(H,33,37)(H,34,39)/b16-8+/t12-,13+,14-,15+,17-,18-/m1/s1. The molecular formula is C25H34F6N4O6S. The molecule has 0 aromatic carbocycles. The van der Waals surface area contributed by atoms with E-state index < -0.39 is 111 Å². The van der Waals surface area contributed by atoms with E-state index >= 15 is 0 Å². The number of likely N-dealkylation sites (tertiary alicyclic amines) is 1. The van der Waals surface area contributed by atoms with Gasteiger partial charge >= 0.3 is 12.1 Å². The van der Waals surface area contributed by atoms with Gasteiger partial charge in [0.1, 0.15) is 12.1 Å². The zero-order valence-corrected chi connectivity index (χ0v) is 24.2. The van der Waals surface area contributed by atoms with Crippen LogP contribution in [0.3, 0.4) is 0 Å². The summed E-state index contributed by atoms with van der Waals surface area (Å²) in [5, 5.41) is 4.95. The molecule has 2 saturated heterocycles. The lowest BCUT2D eigenvalue weighted by molar-refractivity contribution is -0.176. The minimum Gasteiger partial charge on any atom is -0.356 e. The van der Waals surface area contributed by atoms with E-state index in [1.54, 1.807) is 5.32 Å². The van der Waals surface area contributed by atoms with Crippen LogP contribution in [-0.4, -0.2) is 86.5 Å². The van der Waals surface area contributed by atoms with E-state index in [-0.39, 0.29) is 19.4 Å². The maximum atomic E-state index is 14.5. The second kappa shape index (κ2) is 11.7. The van der Waals surface area contributed by atoms with Crippen LogP contribution >= 0.6 is 0 Å². The highest BCUT2D eigenvalue weighted by Crippen LogP contribution is 2.50. The summed E-state index contributed by atoms with van der Waals surface area (Å²) in [7, 11) is -4.36. The average Bonchev–Trinajstić information content (AvgIpc) is 3.45. The number of hydrogen-bond donors (Lipinski definition) is 3. The van der Waals surface area contributed by atoms with Crippen LogP contribution in [0.5, 0.6) is 0 Å². The monoisotopic (exact) mass is 632 g/mol. The summed E-state index contributed by atoms with van der Waals surface area (Å²) in [4.78, 5) is 52.0. The lowest BCUT2D eigenvalue weighted by atomic mass is 9.85. The topological polar surface area (TPSA) is 142 Å². The summed E-state index contributed by atoms with van der Waals surface area (Å²) in [6.45, 7) is 3.97. The lowest BCUT2D eigenvalue weighted by Gasteiger charge is -2.37. The molecule has 0 aromatic rings. The van der Waals surface area contributed by atoms with Crippen molar-refractivity contribution >= 4 is 33.5 Å². The highest BCUT2D eigenvalue weighted by Gasteiger charge is 2.59. The summed E-state index contributed by atoms with van der Waals surface area (Å²) < 4.78 is 106. The number of fused-ring (bicyclic) bond motifs is 1. The molecule has 1 saturated carbocycles. The highest BCUT2D eigenvalue weighted by molar-refractivity contribution is 7.94. The minimum atomic E-state index is -5.33. The number of halogens is 6. The zero-order chi connectivity index (χ0) is 32.0. The first-order valence-corrected chi connectivity index (χ1v) is 15.1. The Labute approximate surface area is 238 Å². The lowest BCUT2D eigenvalue weighted by Crippen LogP contribution is -2.60.